The van der Waals surface area contributed by atoms with Crippen LogP contribution in [-0.4, -0.2) is 90.4 Å². The smallest absolute Gasteiger partial charge is 0.431 e. The number of nitrogens with two attached hydrogens (primary N) is 1. The summed E-state index contributed by atoms with van der Waals surface area (Å²) in [7, 11) is 2.72. The number of thioether (sulfide) groups is 1. The summed E-state index contributed by atoms with van der Waals surface area (Å²) in [6.45, 7) is 3.04. The van der Waals surface area contributed by atoms with Gasteiger partial charge in [0.05, 0.1) is 6.61 Å². The molecule has 208 valence electrons. The molecule has 38 heavy (non-hydrogen) atoms. The van der Waals surface area contributed by atoms with Crippen LogP contribution < -0.4 is 11.1 Å². The predicted molar refractivity (Wildman–Crippen MR) is 137 cm³/mol. The number of nitrogens with one attached hydrogen (secondary N) is 1. The summed E-state index contributed by atoms with van der Waals surface area (Å²) in [4.78, 5) is 60.7. The minimum absolute atomic E-state index is 0.0273. The Kier molecular flexibility index (Phi) is 10.3. The highest BCUT2D eigenvalue weighted by Crippen LogP contribution is 2.40. The van der Waals surface area contributed by atoms with E-state index in [0.29, 0.717) is 17.7 Å². The molecule has 0 bridgehead atoms. The Hall–Kier alpha value is -3.37. The van der Waals surface area contributed by atoms with Crippen LogP contribution >= 0.6 is 23.1 Å². The SMILES string of the molecule is CCC[C@@H](C)OC(=O)OCOC(=O)C1=C(COC)CS[C@@H]2[C@H](NC(=O)/C(=N\OC)c3csc(N)n3)C(=O)N12. The van der Waals surface area contributed by atoms with Crippen molar-refractivity contribution in [3.63, 3.8) is 0 Å². The first-order valence-corrected chi connectivity index (χ1v) is 13.4. The van der Waals surface area contributed by atoms with E-state index in [1.807, 2.05) is 6.92 Å². The number of oxime groups is 1. The summed E-state index contributed by atoms with van der Waals surface area (Å²) in [6.07, 6.45) is 0.167. The van der Waals surface area contributed by atoms with Crippen LogP contribution in [0.3, 0.4) is 0 Å². The number of methoxy groups -OCH3 is 1. The standard InChI is InChI=1S/C22H29N5O9S2/c1-5-6-11(2)36-22(31)35-10-34-20(30)16-12(7-32-3)8-37-19-15(18(29)27(16)19)25-17(28)14(26-33-4)13-9-38-21(23)24-13/h9,11,15,19H,5-8,10H2,1-4H3,(H2,23,24)(H,25,28)/b26-14-/t11-,15-,19-/m1/s1. The van der Waals surface area contributed by atoms with Crippen molar-refractivity contribution in [2.24, 2.45) is 5.16 Å². The molecule has 1 fully saturated rings. The molecule has 3 rings (SSSR count). The lowest BCUT2D eigenvalue weighted by molar-refractivity contribution is -0.158. The Morgan fingerprint density at radius 3 is 2.71 bits per heavy atom. The molecular weight excluding hydrogens is 542 g/mol. The van der Waals surface area contributed by atoms with Gasteiger partial charge in [-0.05, 0) is 18.9 Å². The van der Waals surface area contributed by atoms with Crippen molar-refractivity contribution in [3.8, 4) is 0 Å². The van der Waals surface area contributed by atoms with Gasteiger partial charge in [-0.2, -0.15) is 0 Å². The van der Waals surface area contributed by atoms with Gasteiger partial charge >= 0.3 is 12.1 Å². The number of anilines is 1. The quantitative estimate of drug-likeness (QED) is 0.121. The maximum atomic E-state index is 13.1. The number of carbonyl (C=O) groups is 4. The van der Waals surface area contributed by atoms with Crippen molar-refractivity contribution in [1.82, 2.24) is 15.2 Å². The molecule has 14 nitrogen and oxygen atoms in total. The number of aromatic nitrogens is 1. The monoisotopic (exact) mass is 571 g/mol. The normalized spacial score (nSPS) is 19.7. The lowest BCUT2D eigenvalue weighted by Gasteiger charge is -2.49. The molecule has 0 saturated carbocycles. The van der Waals surface area contributed by atoms with Crippen molar-refractivity contribution in [2.45, 2.75) is 44.2 Å². The first kappa shape index (κ1) is 29.2. The summed E-state index contributed by atoms with van der Waals surface area (Å²) in [5, 5.41) is 7.51. The third kappa shape index (κ3) is 6.73. The minimum atomic E-state index is -0.972. The van der Waals surface area contributed by atoms with E-state index in [0.717, 1.165) is 17.8 Å². The third-order valence-corrected chi connectivity index (χ3v) is 7.38. The fourth-order valence-electron chi connectivity index (χ4n) is 3.72. The zero-order valence-corrected chi connectivity index (χ0v) is 22.9. The molecule has 2 aliphatic rings. The number of fused-ring (bicyclic) bond motifs is 1. The molecule has 0 unspecified atom stereocenters. The van der Waals surface area contributed by atoms with E-state index in [9.17, 15) is 19.2 Å². The number of ether oxygens (including phenoxy) is 4. The molecule has 0 aromatic carbocycles. The molecule has 3 heterocycles. The largest absolute Gasteiger partial charge is 0.511 e. The molecule has 16 heteroatoms. The van der Waals surface area contributed by atoms with E-state index in [-0.39, 0.29) is 34.9 Å². The van der Waals surface area contributed by atoms with E-state index in [1.54, 1.807) is 6.92 Å². The van der Waals surface area contributed by atoms with Crippen LogP contribution in [0.25, 0.3) is 0 Å². The highest BCUT2D eigenvalue weighted by Gasteiger charge is 2.54. The Balaban J connectivity index is 1.66. The number of hydrogen-bond acceptors (Lipinski definition) is 14. The van der Waals surface area contributed by atoms with E-state index in [4.69, 9.17) is 29.5 Å². The Morgan fingerprint density at radius 1 is 1.32 bits per heavy atom. The number of nitrogens with zero attached hydrogens (tertiary/aromatic N) is 3. The number of hydrogen-bond donors (Lipinski definition) is 2. The van der Waals surface area contributed by atoms with Crippen LogP contribution in [0, 0.1) is 0 Å². The minimum Gasteiger partial charge on any atom is -0.431 e. The number of rotatable bonds is 12. The molecule has 2 amide bonds. The van der Waals surface area contributed by atoms with E-state index in [1.165, 1.54) is 36.3 Å². The summed E-state index contributed by atoms with van der Waals surface area (Å²) in [5.74, 6) is -1.79. The van der Waals surface area contributed by atoms with Gasteiger partial charge in [-0.1, -0.05) is 18.5 Å². The fraction of sp³-hybridized carbons (Fsp3) is 0.545. The molecule has 0 radical (unpaired) electrons. The number of esters is 1. The van der Waals surface area contributed by atoms with Gasteiger partial charge < -0.3 is 34.8 Å². The third-order valence-electron chi connectivity index (χ3n) is 5.37. The number of nitrogen functional groups attached to an aromatic ring is 1. The second-order valence-electron chi connectivity index (χ2n) is 8.10. The van der Waals surface area contributed by atoms with Gasteiger partial charge in [0.2, 0.25) is 6.79 Å². The molecular formula is C22H29N5O9S2. The Bertz CT molecular complexity index is 1120. The Labute approximate surface area is 226 Å². The number of thiazole rings is 1. The van der Waals surface area contributed by atoms with Crippen molar-refractivity contribution < 1.29 is 43.0 Å². The van der Waals surface area contributed by atoms with Crippen LogP contribution in [0.15, 0.2) is 21.8 Å². The number of carbonyl (C=O) groups excluding carboxylic acids is 4. The van der Waals surface area contributed by atoms with Crippen LogP contribution in [0.1, 0.15) is 32.4 Å². The van der Waals surface area contributed by atoms with Gasteiger partial charge in [0.25, 0.3) is 11.8 Å². The number of β-lactam (4-membered cyclic amide) rings is 1. The Morgan fingerprint density at radius 2 is 2.08 bits per heavy atom. The number of amides is 2. The fourth-order valence-corrected chi connectivity index (χ4v) is 5.60. The molecule has 1 saturated heterocycles. The second kappa shape index (κ2) is 13.4. The first-order valence-electron chi connectivity index (χ1n) is 11.5. The van der Waals surface area contributed by atoms with E-state index < -0.39 is 42.1 Å². The predicted octanol–water partition coefficient (Wildman–Crippen LogP) is 1.22. The second-order valence-corrected chi connectivity index (χ2v) is 10.1. The van der Waals surface area contributed by atoms with Crippen LogP contribution in [-0.2, 0) is 38.2 Å². The molecule has 1 aromatic rings. The van der Waals surface area contributed by atoms with Gasteiger partial charge in [-0.15, -0.1) is 23.1 Å². The van der Waals surface area contributed by atoms with Gasteiger partial charge in [-0.3, -0.25) is 14.5 Å². The first-order chi connectivity index (χ1) is 18.2. The molecule has 0 aliphatic carbocycles. The zero-order valence-electron chi connectivity index (χ0n) is 21.3. The average molecular weight is 572 g/mol. The van der Waals surface area contributed by atoms with Crippen LogP contribution in [0.4, 0.5) is 9.93 Å². The van der Waals surface area contributed by atoms with Gasteiger partial charge in [0.1, 0.15) is 36.0 Å². The molecule has 1 aromatic heterocycles. The lowest BCUT2D eigenvalue weighted by Crippen LogP contribution is -2.71. The maximum Gasteiger partial charge on any atom is 0.511 e. The van der Waals surface area contributed by atoms with E-state index >= 15 is 0 Å². The molecule has 3 N–H and O–H groups in total. The maximum absolute atomic E-state index is 13.1. The zero-order chi connectivity index (χ0) is 27.8. The summed E-state index contributed by atoms with van der Waals surface area (Å²) < 4.78 is 20.1. The summed E-state index contributed by atoms with van der Waals surface area (Å²) in [6, 6.07) is -0.955. The summed E-state index contributed by atoms with van der Waals surface area (Å²) >= 11 is 2.45. The molecule has 3 atom stereocenters. The molecule has 0 spiro atoms. The van der Waals surface area contributed by atoms with Crippen molar-refractivity contribution in [2.75, 3.05) is 39.1 Å². The van der Waals surface area contributed by atoms with Crippen molar-refractivity contribution in [1.29, 1.82) is 0 Å². The van der Waals surface area contributed by atoms with E-state index in [2.05, 4.69) is 15.5 Å². The van der Waals surface area contributed by atoms with Crippen LogP contribution in [0.5, 0.6) is 0 Å². The summed E-state index contributed by atoms with van der Waals surface area (Å²) in [5.41, 5.74) is 6.17. The van der Waals surface area contributed by atoms with Crippen LogP contribution in [0.2, 0.25) is 0 Å². The lowest BCUT2D eigenvalue weighted by atomic mass is 10.0. The highest BCUT2D eigenvalue weighted by molar-refractivity contribution is 8.00. The topological polar surface area (TPSA) is 181 Å². The molecule has 2 aliphatic heterocycles. The highest BCUT2D eigenvalue weighted by atomic mass is 32.2. The van der Waals surface area contributed by atoms with Crippen molar-refractivity contribution in [3.05, 3.63) is 22.3 Å². The van der Waals surface area contributed by atoms with Gasteiger partial charge in [0.15, 0.2) is 10.8 Å². The van der Waals surface area contributed by atoms with Crippen molar-refractivity contribution >= 4 is 57.9 Å². The van der Waals surface area contributed by atoms with Gasteiger partial charge in [0, 0.05) is 18.2 Å². The average Bonchev–Trinajstić information content (AvgIpc) is 3.31. The van der Waals surface area contributed by atoms with Gasteiger partial charge in [-0.25, -0.2) is 14.6 Å².